The standard InChI is InChI=1S/C16H28N4O7S/c1-3-8(2)13(20-14(24)10(7-28)18-11(21)6-17)15(25)19-9(16(26)27)4-5-12(22)23/h8-10,13,28H,3-7,17H2,1-2H3,(H,18,21)(H,19,25)(H,20,24)(H,22,23)(H,26,27). The van der Waals surface area contributed by atoms with Gasteiger partial charge in [-0.1, -0.05) is 20.3 Å². The Morgan fingerprint density at radius 1 is 1.00 bits per heavy atom. The van der Waals surface area contributed by atoms with E-state index in [2.05, 4.69) is 28.6 Å². The van der Waals surface area contributed by atoms with E-state index in [1.165, 1.54) is 0 Å². The molecule has 0 saturated heterocycles. The molecule has 7 N–H and O–H groups in total. The summed E-state index contributed by atoms with van der Waals surface area (Å²) in [5.74, 6) is -4.98. The number of aliphatic carboxylic acids is 2. The number of nitrogens with two attached hydrogens (primary N) is 1. The van der Waals surface area contributed by atoms with Crippen molar-refractivity contribution in [1.29, 1.82) is 0 Å². The molecule has 0 spiro atoms. The molecule has 4 unspecified atom stereocenters. The zero-order chi connectivity index (χ0) is 21.9. The van der Waals surface area contributed by atoms with E-state index >= 15 is 0 Å². The van der Waals surface area contributed by atoms with Crippen LogP contribution < -0.4 is 21.7 Å². The van der Waals surface area contributed by atoms with Crippen LogP contribution in [0.4, 0.5) is 0 Å². The van der Waals surface area contributed by atoms with Crippen LogP contribution in [-0.2, 0) is 24.0 Å². The quantitative estimate of drug-likeness (QED) is 0.172. The highest BCUT2D eigenvalue weighted by Crippen LogP contribution is 2.10. The maximum absolute atomic E-state index is 12.6. The van der Waals surface area contributed by atoms with Gasteiger partial charge in [-0.3, -0.25) is 19.2 Å². The first-order chi connectivity index (χ1) is 13.1. The van der Waals surface area contributed by atoms with Gasteiger partial charge in [0.05, 0.1) is 6.54 Å². The lowest BCUT2D eigenvalue weighted by Crippen LogP contribution is -2.58. The topological polar surface area (TPSA) is 188 Å². The summed E-state index contributed by atoms with van der Waals surface area (Å²) in [6.45, 7) is 3.14. The van der Waals surface area contributed by atoms with E-state index in [0.29, 0.717) is 6.42 Å². The Bertz CT molecular complexity index is 587. The van der Waals surface area contributed by atoms with E-state index in [4.69, 9.17) is 10.8 Å². The van der Waals surface area contributed by atoms with Crippen molar-refractivity contribution >= 4 is 42.3 Å². The Morgan fingerprint density at radius 3 is 2.04 bits per heavy atom. The highest BCUT2D eigenvalue weighted by Gasteiger charge is 2.31. The summed E-state index contributed by atoms with van der Waals surface area (Å²) < 4.78 is 0. The van der Waals surface area contributed by atoms with Crippen molar-refractivity contribution in [3.8, 4) is 0 Å². The molecule has 0 aromatic rings. The molecular formula is C16H28N4O7S. The molecule has 0 radical (unpaired) electrons. The highest BCUT2D eigenvalue weighted by atomic mass is 32.1. The first-order valence-electron chi connectivity index (χ1n) is 8.72. The van der Waals surface area contributed by atoms with Gasteiger partial charge in [-0.15, -0.1) is 0 Å². The summed E-state index contributed by atoms with van der Waals surface area (Å²) >= 11 is 4.00. The third-order valence-corrected chi connectivity index (χ3v) is 4.44. The molecule has 0 aliphatic carbocycles. The van der Waals surface area contributed by atoms with Crippen LogP contribution in [0.2, 0.25) is 0 Å². The van der Waals surface area contributed by atoms with E-state index in [1.807, 2.05) is 0 Å². The minimum Gasteiger partial charge on any atom is -0.481 e. The Hall–Kier alpha value is -2.34. The number of amides is 3. The SMILES string of the molecule is CCC(C)C(NC(=O)C(CS)NC(=O)CN)C(=O)NC(CCC(=O)O)C(=O)O. The minimum atomic E-state index is -1.41. The van der Waals surface area contributed by atoms with Gasteiger partial charge in [0.1, 0.15) is 18.1 Å². The molecule has 12 heteroatoms. The average Bonchev–Trinajstić information content (AvgIpc) is 2.65. The fourth-order valence-corrected chi connectivity index (χ4v) is 2.45. The molecule has 0 aliphatic heterocycles. The van der Waals surface area contributed by atoms with Crippen molar-refractivity contribution in [2.24, 2.45) is 11.7 Å². The molecule has 11 nitrogen and oxygen atoms in total. The second-order valence-electron chi connectivity index (χ2n) is 6.21. The van der Waals surface area contributed by atoms with Crippen LogP contribution in [0.5, 0.6) is 0 Å². The van der Waals surface area contributed by atoms with Crippen LogP contribution in [0, 0.1) is 5.92 Å². The van der Waals surface area contributed by atoms with Crippen molar-refractivity contribution in [1.82, 2.24) is 16.0 Å². The fraction of sp³-hybridized carbons (Fsp3) is 0.688. The van der Waals surface area contributed by atoms with Crippen LogP contribution in [0.25, 0.3) is 0 Å². The van der Waals surface area contributed by atoms with Crippen molar-refractivity contribution in [3.05, 3.63) is 0 Å². The molecule has 28 heavy (non-hydrogen) atoms. The number of hydrogen-bond donors (Lipinski definition) is 7. The molecule has 3 amide bonds. The minimum absolute atomic E-state index is 0.0389. The number of hydrogen-bond acceptors (Lipinski definition) is 7. The van der Waals surface area contributed by atoms with Gasteiger partial charge in [0.15, 0.2) is 0 Å². The Kier molecular flexibility index (Phi) is 11.9. The number of carboxylic acid groups (broad SMARTS) is 2. The third kappa shape index (κ3) is 9.04. The molecule has 160 valence electrons. The average molecular weight is 420 g/mol. The molecule has 0 bridgehead atoms. The summed E-state index contributed by atoms with van der Waals surface area (Å²) in [5, 5.41) is 25.0. The zero-order valence-corrected chi connectivity index (χ0v) is 16.7. The smallest absolute Gasteiger partial charge is 0.326 e. The Labute approximate surface area is 168 Å². The molecular weight excluding hydrogens is 392 g/mol. The fourth-order valence-electron chi connectivity index (χ4n) is 2.19. The number of thiol groups is 1. The van der Waals surface area contributed by atoms with Gasteiger partial charge in [-0.05, 0) is 12.3 Å². The Balaban J connectivity index is 5.25. The van der Waals surface area contributed by atoms with Crippen LogP contribution in [0.1, 0.15) is 33.1 Å². The summed E-state index contributed by atoms with van der Waals surface area (Å²) in [6, 6.07) is -3.52. The van der Waals surface area contributed by atoms with Gasteiger partial charge in [0.2, 0.25) is 17.7 Å². The lowest BCUT2D eigenvalue weighted by Gasteiger charge is -2.27. The Morgan fingerprint density at radius 2 is 1.61 bits per heavy atom. The third-order valence-electron chi connectivity index (χ3n) is 4.07. The number of nitrogens with one attached hydrogen (secondary N) is 3. The van der Waals surface area contributed by atoms with Crippen LogP contribution in [0.3, 0.4) is 0 Å². The van der Waals surface area contributed by atoms with E-state index in [9.17, 15) is 29.1 Å². The zero-order valence-electron chi connectivity index (χ0n) is 15.8. The largest absolute Gasteiger partial charge is 0.481 e. The molecule has 4 atom stereocenters. The van der Waals surface area contributed by atoms with E-state index in [-0.39, 0.29) is 24.6 Å². The maximum Gasteiger partial charge on any atom is 0.326 e. The number of carboxylic acids is 2. The molecule has 0 saturated carbocycles. The molecule has 0 aromatic heterocycles. The predicted molar refractivity (Wildman–Crippen MR) is 103 cm³/mol. The maximum atomic E-state index is 12.6. The van der Waals surface area contributed by atoms with Crippen LogP contribution in [-0.4, -0.2) is 70.3 Å². The van der Waals surface area contributed by atoms with Crippen molar-refractivity contribution in [3.63, 3.8) is 0 Å². The molecule has 0 heterocycles. The second kappa shape index (κ2) is 12.9. The van der Waals surface area contributed by atoms with Crippen molar-refractivity contribution < 1.29 is 34.2 Å². The predicted octanol–water partition coefficient (Wildman–Crippen LogP) is -1.68. The lowest BCUT2D eigenvalue weighted by atomic mass is 9.97. The van der Waals surface area contributed by atoms with Crippen LogP contribution in [0.15, 0.2) is 0 Å². The van der Waals surface area contributed by atoms with E-state index in [0.717, 1.165) is 0 Å². The number of carbonyl (C=O) groups is 5. The van der Waals surface area contributed by atoms with Gasteiger partial charge >= 0.3 is 11.9 Å². The summed E-state index contributed by atoms with van der Waals surface area (Å²) in [7, 11) is 0. The highest BCUT2D eigenvalue weighted by molar-refractivity contribution is 7.80. The van der Waals surface area contributed by atoms with Gasteiger partial charge in [0, 0.05) is 12.2 Å². The first-order valence-corrected chi connectivity index (χ1v) is 9.36. The van der Waals surface area contributed by atoms with Gasteiger partial charge < -0.3 is 31.9 Å². The summed E-state index contributed by atoms with van der Waals surface area (Å²) in [5.41, 5.74) is 5.20. The molecule has 0 rings (SSSR count). The van der Waals surface area contributed by atoms with Crippen LogP contribution >= 0.6 is 12.6 Å². The van der Waals surface area contributed by atoms with Gasteiger partial charge in [-0.2, -0.15) is 12.6 Å². The monoisotopic (exact) mass is 420 g/mol. The molecule has 0 aliphatic rings. The van der Waals surface area contributed by atoms with E-state index in [1.54, 1.807) is 13.8 Å². The first kappa shape index (κ1) is 25.7. The molecule has 0 aromatic carbocycles. The summed E-state index contributed by atoms with van der Waals surface area (Å²) in [4.78, 5) is 58.3. The summed E-state index contributed by atoms with van der Waals surface area (Å²) in [6.07, 6.45) is -0.250. The second-order valence-corrected chi connectivity index (χ2v) is 6.58. The molecule has 0 fully saturated rings. The van der Waals surface area contributed by atoms with Crippen molar-refractivity contribution in [2.45, 2.75) is 51.2 Å². The number of rotatable bonds is 13. The van der Waals surface area contributed by atoms with E-state index < -0.39 is 54.2 Å². The lowest BCUT2D eigenvalue weighted by molar-refractivity contribution is -0.143. The van der Waals surface area contributed by atoms with Gasteiger partial charge in [-0.25, -0.2) is 4.79 Å². The number of carbonyl (C=O) groups excluding carboxylic acids is 3. The van der Waals surface area contributed by atoms with Gasteiger partial charge in [0.25, 0.3) is 0 Å². The normalized spacial score (nSPS) is 14.9. The van der Waals surface area contributed by atoms with Crippen molar-refractivity contribution in [2.75, 3.05) is 12.3 Å².